The van der Waals surface area contributed by atoms with Crippen LogP contribution in [0.25, 0.3) is 22.2 Å². The van der Waals surface area contributed by atoms with E-state index in [1.165, 1.54) is 0 Å². The maximum absolute atomic E-state index is 12.2. The Balaban J connectivity index is 1.51. The molecular formula is C23H20N4OS. The van der Waals surface area contributed by atoms with Crippen molar-refractivity contribution in [3.05, 3.63) is 82.4 Å². The van der Waals surface area contributed by atoms with E-state index in [-0.39, 0.29) is 5.69 Å². The van der Waals surface area contributed by atoms with Crippen molar-refractivity contribution in [3.8, 4) is 17.2 Å². The first-order chi connectivity index (χ1) is 14.2. The summed E-state index contributed by atoms with van der Waals surface area (Å²) >= 11 is 1.57. The number of H-pyrrole nitrogens is 1. The Morgan fingerprint density at radius 3 is 2.69 bits per heavy atom. The minimum Gasteiger partial charge on any atom is -0.306 e. The second kappa shape index (κ2) is 8.38. The molecule has 0 bridgehead atoms. The molecule has 5 nitrogen and oxygen atoms in total. The third-order valence-corrected chi connectivity index (χ3v) is 5.82. The van der Waals surface area contributed by atoms with E-state index >= 15 is 0 Å². The van der Waals surface area contributed by atoms with Crippen LogP contribution >= 0.6 is 11.8 Å². The smallest absolute Gasteiger partial charge is 0.306 e. The van der Waals surface area contributed by atoms with Crippen molar-refractivity contribution in [1.29, 1.82) is 5.26 Å². The number of nitrogens with zero attached hydrogens (tertiary/aromatic N) is 3. The molecule has 4 aromatic rings. The predicted octanol–water partition coefficient (Wildman–Crippen LogP) is 4.75. The Hall–Kier alpha value is -3.30. The number of para-hydroxylation sites is 2. The summed E-state index contributed by atoms with van der Waals surface area (Å²) in [7, 11) is 0. The molecule has 0 spiro atoms. The molecule has 0 unspecified atom stereocenters. The highest BCUT2D eigenvalue weighted by atomic mass is 32.2. The van der Waals surface area contributed by atoms with Gasteiger partial charge in [-0.1, -0.05) is 42.5 Å². The van der Waals surface area contributed by atoms with E-state index < -0.39 is 0 Å². The number of thioether (sulfide) groups is 1. The minimum absolute atomic E-state index is 0.0889. The normalized spacial score (nSPS) is 10.9. The molecule has 0 amide bonds. The largest absolute Gasteiger partial charge is 0.326 e. The lowest BCUT2D eigenvalue weighted by Gasteiger charge is -2.11. The number of hydrogen-bond acceptors (Lipinski definition) is 4. The van der Waals surface area contributed by atoms with Crippen molar-refractivity contribution in [2.24, 2.45) is 0 Å². The van der Waals surface area contributed by atoms with Crippen molar-refractivity contribution < 1.29 is 0 Å². The molecule has 0 aliphatic heterocycles. The van der Waals surface area contributed by atoms with Crippen molar-refractivity contribution in [2.45, 2.75) is 24.9 Å². The van der Waals surface area contributed by atoms with Gasteiger partial charge in [-0.2, -0.15) is 5.26 Å². The van der Waals surface area contributed by atoms with Gasteiger partial charge in [0.1, 0.15) is 11.1 Å². The van der Waals surface area contributed by atoms with Gasteiger partial charge in [0.05, 0.1) is 16.6 Å². The second-order valence-electron chi connectivity index (χ2n) is 6.77. The summed E-state index contributed by atoms with van der Waals surface area (Å²) in [6.07, 6.45) is 0.799. The van der Waals surface area contributed by atoms with Gasteiger partial charge in [0.2, 0.25) is 0 Å². The first-order valence-electron chi connectivity index (χ1n) is 9.45. The molecular weight excluding hydrogens is 380 g/mol. The minimum atomic E-state index is -0.0889. The fraction of sp³-hybridized carbons (Fsp3) is 0.174. The molecule has 144 valence electrons. The first kappa shape index (κ1) is 19.0. The molecule has 4 rings (SSSR count). The van der Waals surface area contributed by atoms with E-state index in [4.69, 9.17) is 0 Å². The van der Waals surface area contributed by atoms with Crippen LogP contribution in [-0.4, -0.2) is 20.3 Å². The molecule has 6 heteroatoms. The van der Waals surface area contributed by atoms with Gasteiger partial charge in [-0.15, -0.1) is 11.8 Å². The number of nitriles is 1. The number of nitrogens with one attached hydrogen (secondary N) is 1. The zero-order valence-electron chi connectivity index (χ0n) is 16.1. The van der Waals surface area contributed by atoms with Crippen LogP contribution in [0.15, 0.2) is 70.5 Å². The first-order valence-corrected chi connectivity index (χ1v) is 10.4. The highest BCUT2D eigenvalue weighted by molar-refractivity contribution is 7.99. The van der Waals surface area contributed by atoms with Crippen LogP contribution in [0.3, 0.4) is 0 Å². The average molecular weight is 401 g/mol. The molecule has 2 aromatic carbocycles. The van der Waals surface area contributed by atoms with Crippen LogP contribution in [-0.2, 0) is 6.54 Å². The summed E-state index contributed by atoms with van der Waals surface area (Å²) in [4.78, 5) is 19.7. The fourth-order valence-corrected chi connectivity index (χ4v) is 4.40. The lowest BCUT2D eigenvalue weighted by atomic mass is 10.0. The van der Waals surface area contributed by atoms with Crippen molar-refractivity contribution in [2.75, 3.05) is 5.75 Å². The molecule has 0 radical (unpaired) electrons. The summed E-state index contributed by atoms with van der Waals surface area (Å²) in [5, 5.41) is 10.5. The van der Waals surface area contributed by atoms with E-state index in [0.717, 1.165) is 45.1 Å². The van der Waals surface area contributed by atoms with Crippen LogP contribution in [0.1, 0.15) is 17.7 Å². The Labute approximate surface area is 173 Å². The van der Waals surface area contributed by atoms with Crippen LogP contribution in [0.2, 0.25) is 0 Å². The number of aromatic nitrogens is 3. The highest BCUT2D eigenvalue weighted by Gasteiger charge is 2.13. The number of aryl methyl sites for hydroxylation is 2. The predicted molar refractivity (Wildman–Crippen MR) is 117 cm³/mol. The molecule has 0 atom stereocenters. The molecule has 0 saturated carbocycles. The van der Waals surface area contributed by atoms with Gasteiger partial charge in [-0.3, -0.25) is 4.57 Å². The second-order valence-corrected chi connectivity index (χ2v) is 7.85. The van der Waals surface area contributed by atoms with Crippen LogP contribution in [0.5, 0.6) is 0 Å². The van der Waals surface area contributed by atoms with Gasteiger partial charge in [0.15, 0.2) is 0 Å². The van der Waals surface area contributed by atoms with Gasteiger partial charge in [0, 0.05) is 23.6 Å². The lowest BCUT2D eigenvalue weighted by Crippen LogP contribution is -2.17. The van der Waals surface area contributed by atoms with Crippen LogP contribution in [0, 0.1) is 18.3 Å². The Morgan fingerprint density at radius 1 is 1.14 bits per heavy atom. The number of imidazole rings is 1. The quantitative estimate of drug-likeness (QED) is 0.374. The molecule has 0 fully saturated rings. The zero-order valence-corrected chi connectivity index (χ0v) is 16.9. The summed E-state index contributed by atoms with van der Waals surface area (Å²) in [5.74, 6) is 0.769. The molecule has 0 aliphatic carbocycles. The summed E-state index contributed by atoms with van der Waals surface area (Å²) in [6, 6.07) is 21.9. The Bertz CT molecular complexity index is 1250. The van der Waals surface area contributed by atoms with Gasteiger partial charge in [0.25, 0.3) is 0 Å². The number of hydrogen-bond donors (Lipinski definition) is 1. The summed E-state index contributed by atoms with van der Waals surface area (Å²) < 4.78 is 1.76. The van der Waals surface area contributed by atoms with Crippen LogP contribution in [0.4, 0.5) is 0 Å². The average Bonchev–Trinajstić information content (AvgIpc) is 3.06. The van der Waals surface area contributed by atoms with Gasteiger partial charge in [-0.05, 0) is 37.1 Å². The van der Waals surface area contributed by atoms with E-state index in [2.05, 4.69) is 16.0 Å². The molecule has 29 heavy (non-hydrogen) atoms. The standard InChI is InChI=1S/C23H20N4OS/c1-16-14-18(17-8-3-2-4-9-17)19(15-24)22(25-16)29-13-7-12-27-21-11-6-5-10-20(21)26-23(27)28/h2-6,8-11,14H,7,12-13H2,1H3,(H,26,28). The molecule has 2 heterocycles. The lowest BCUT2D eigenvalue weighted by molar-refractivity contribution is 0.679. The van der Waals surface area contributed by atoms with E-state index in [1.54, 1.807) is 16.3 Å². The zero-order chi connectivity index (χ0) is 20.2. The third-order valence-electron chi connectivity index (χ3n) is 4.76. The molecule has 0 saturated heterocycles. The van der Waals surface area contributed by atoms with Crippen molar-refractivity contribution >= 4 is 22.8 Å². The number of aromatic amines is 1. The van der Waals surface area contributed by atoms with E-state index in [1.807, 2.05) is 67.6 Å². The monoisotopic (exact) mass is 400 g/mol. The van der Waals surface area contributed by atoms with Crippen LogP contribution < -0.4 is 5.69 Å². The number of pyridine rings is 1. The Morgan fingerprint density at radius 2 is 1.90 bits per heavy atom. The third kappa shape index (κ3) is 3.96. The SMILES string of the molecule is Cc1cc(-c2ccccc2)c(C#N)c(SCCCn2c(=O)[nH]c3ccccc32)n1. The van der Waals surface area contributed by atoms with E-state index in [0.29, 0.717) is 12.1 Å². The van der Waals surface area contributed by atoms with E-state index in [9.17, 15) is 10.1 Å². The topological polar surface area (TPSA) is 74.5 Å². The molecule has 0 aliphatic rings. The van der Waals surface area contributed by atoms with Crippen molar-refractivity contribution in [1.82, 2.24) is 14.5 Å². The maximum Gasteiger partial charge on any atom is 0.326 e. The molecule has 1 N–H and O–H groups in total. The van der Waals surface area contributed by atoms with Gasteiger partial charge < -0.3 is 4.98 Å². The fourth-order valence-electron chi connectivity index (χ4n) is 3.42. The molecule has 2 aromatic heterocycles. The number of fused-ring (bicyclic) bond motifs is 1. The number of benzene rings is 2. The van der Waals surface area contributed by atoms with Gasteiger partial charge >= 0.3 is 5.69 Å². The maximum atomic E-state index is 12.2. The van der Waals surface area contributed by atoms with Crippen molar-refractivity contribution in [3.63, 3.8) is 0 Å². The summed E-state index contributed by atoms with van der Waals surface area (Å²) in [5.41, 5.74) is 5.10. The summed E-state index contributed by atoms with van der Waals surface area (Å²) in [6.45, 7) is 2.57. The van der Waals surface area contributed by atoms with Gasteiger partial charge in [-0.25, -0.2) is 9.78 Å². The Kier molecular flexibility index (Phi) is 5.50. The number of rotatable bonds is 6. The highest BCUT2D eigenvalue weighted by Crippen LogP contribution is 2.31.